The lowest BCUT2D eigenvalue weighted by Crippen LogP contribution is -2.32. The van der Waals surface area contributed by atoms with E-state index in [0.717, 1.165) is 25.3 Å². The minimum atomic E-state index is -4.63. The topological polar surface area (TPSA) is 3.24 Å². The second-order valence-electron chi connectivity index (χ2n) is 5.69. The molecule has 1 aromatic carbocycles. The molecule has 0 spiro atoms. The molecule has 112 valence electrons. The van der Waals surface area contributed by atoms with Crippen LogP contribution in [0.15, 0.2) is 18.2 Å². The van der Waals surface area contributed by atoms with Crippen molar-refractivity contribution in [3.63, 3.8) is 0 Å². The summed E-state index contributed by atoms with van der Waals surface area (Å²) in [6, 6.07) is 3.92. The molecule has 2 rings (SSSR count). The maximum Gasteiger partial charge on any atom is 0.419 e. The second kappa shape index (κ2) is 5.72. The fraction of sp³-hybridized carbons (Fsp3) is 0.600. The minimum Gasteiger partial charge on any atom is -0.306 e. The predicted octanol–water partition coefficient (Wildman–Crippen LogP) is 4.43. The number of benzene rings is 1. The number of rotatable bonds is 2. The molecule has 0 amide bonds. The highest BCUT2D eigenvalue weighted by Crippen LogP contribution is 2.39. The lowest BCUT2D eigenvalue weighted by atomic mass is 9.80. The van der Waals surface area contributed by atoms with Gasteiger partial charge < -0.3 is 4.90 Å². The molecule has 2 atom stereocenters. The molecule has 1 fully saturated rings. The molecule has 1 aromatic rings. The Labute approximate surface area is 116 Å². The Hall–Kier alpha value is -1.10. The standard InChI is InChI=1S/C15H19F4N/c1-20(2)11-6-3-5-10(9-11)12-7-4-8-13(14(12)16)15(17,18)19/h4,7-8,10-11H,3,5-6,9H2,1-2H3/t10-,11+/m0/s1. The number of hydrogen-bond acceptors (Lipinski definition) is 1. The van der Waals surface area contributed by atoms with Crippen LogP contribution in [0.3, 0.4) is 0 Å². The summed E-state index contributed by atoms with van der Waals surface area (Å²) in [5.41, 5.74) is -0.937. The van der Waals surface area contributed by atoms with Gasteiger partial charge in [0.15, 0.2) is 0 Å². The molecule has 0 bridgehead atoms. The summed E-state index contributed by atoms with van der Waals surface area (Å²) in [6.45, 7) is 0. The molecule has 1 aliphatic carbocycles. The van der Waals surface area contributed by atoms with Gasteiger partial charge in [-0.25, -0.2) is 4.39 Å². The van der Waals surface area contributed by atoms with Crippen molar-refractivity contribution in [2.75, 3.05) is 14.1 Å². The molecule has 5 heteroatoms. The molecule has 0 aliphatic heterocycles. The molecule has 0 N–H and O–H groups in total. The lowest BCUT2D eigenvalue weighted by molar-refractivity contribution is -0.140. The maximum absolute atomic E-state index is 14.1. The first-order valence-corrected chi connectivity index (χ1v) is 6.82. The Morgan fingerprint density at radius 3 is 2.45 bits per heavy atom. The Bertz CT molecular complexity index is 467. The van der Waals surface area contributed by atoms with Crippen molar-refractivity contribution in [1.82, 2.24) is 4.90 Å². The fourth-order valence-corrected chi connectivity index (χ4v) is 3.00. The third kappa shape index (κ3) is 3.14. The van der Waals surface area contributed by atoms with Crippen LogP contribution in [0, 0.1) is 5.82 Å². The number of halogens is 4. The second-order valence-corrected chi connectivity index (χ2v) is 5.69. The van der Waals surface area contributed by atoms with Gasteiger partial charge in [0, 0.05) is 6.04 Å². The molecule has 0 heterocycles. The van der Waals surface area contributed by atoms with E-state index in [-0.39, 0.29) is 11.5 Å². The fourth-order valence-electron chi connectivity index (χ4n) is 3.00. The van der Waals surface area contributed by atoms with E-state index in [0.29, 0.717) is 12.5 Å². The van der Waals surface area contributed by atoms with E-state index >= 15 is 0 Å². The molecule has 20 heavy (non-hydrogen) atoms. The van der Waals surface area contributed by atoms with Gasteiger partial charge in [-0.15, -0.1) is 0 Å². The molecule has 1 saturated carbocycles. The zero-order chi connectivity index (χ0) is 14.9. The van der Waals surface area contributed by atoms with Gasteiger partial charge in [0.25, 0.3) is 0 Å². The zero-order valence-electron chi connectivity index (χ0n) is 11.7. The molecule has 1 aliphatic rings. The SMILES string of the molecule is CN(C)[C@@H]1CCC[C@H](c2cccc(C(F)(F)F)c2F)C1. The van der Waals surface area contributed by atoms with E-state index in [4.69, 9.17) is 0 Å². The van der Waals surface area contributed by atoms with Gasteiger partial charge in [-0.3, -0.25) is 0 Å². The summed E-state index contributed by atoms with van der Waals surface area (Å²) in [5, 5.41) is 0. The van der Waals surface area contributed by atoms with Crippen LogP contribution in [-0.4, -0.2) is 25.0 Å². The molecule has 1 nitrogen and oxygen atoms in total. The average molecular weight is 289 g/mol. The minimum absolute atomic E-state index is 0.126. The van der Waals surface area contributed by atoms with Gasteiger partial charge in [-0.05, 0) is 50.9 Å². The van der Waals surface area contributed by atoms with Crippen LogP contribution in [0.25, 0.3) is 0 Å². The third-order valence-electron chi connectivity index (χ3n) is 4.15. The summed E-state index contributed by atoms with van der Waals surface area (Å²) in [7, 11) is 3.91. The van der Waals surface area contributed by atoms with Gasteiger partial charge in [0.05, 0.1) is 5.56 Å². The summed E-state index contributed by atoms with van der Waals surface area (Å²) < 4.78 is 52.4. The van der Waals surface area contributed by atoms with Crippen LogP contribution in [0.5, 0.6) is 0 Å². The van der Waals surface area contributed by atoms with Crippen molar-refractivity contribution < 1.29 is 17.6 Å². The van der Waals surface area contributed by atoms with Crippen molar-refractivity contribution in [3.05, 3.63) is 35.1 Å². The summed E-state index contributed by atoms with van der Waals surface area (Å²) in [6.07, 6.45) is -1.23. The van der Waals surface area contributed by atoms with Crippen LogP contribution in [-0.2, 0) is 6.18 Å². The summed E-state index contributed by atoms with van der Waals surface area (Å²) in [4.78, 5) is 2.07. The number of alkyl halides is 3. The smallest absolute Gasteiger partial charge is 0.306 e. The highest BCUT2D eigenvalue weighted by atomic mass is 19.4. The van der Waals surface area contributed by atoms with Gasteiger partial charge in [-0.1, -0.05) is 18.6 Å². The van der Waals surface area contributed by atoms with E-state index in [1.165, 1.54) is 12.1 Å². The van der Waals surface area contributed by atoms with E-state index in [9.17, 15) is 17.6 Å². The van der Waals surface area contributed by atoms with Crippen LogP contribution < -0.4 is 0 Å². The van der Waals surface area contributed by atoms with Crippen molar-refractivity contribution in [3.8, 4) is 0 Å². The van der Waals surface area contributed by atoms with E-state index in [2.05, 4.69) is 4.90 Å². The third-order valence-corrected chi connectivity index (χ3v) is 4.15. The first-order valence-electron chi connectivity index (χ1n) is 6.82. The molecule has 0 saturated heterocycles. The van der Waals surface area contributed by atoms with Crippen LogP contribution in [0.1, 0.15) is 42.7 Å². The predicted molar refractivity (Wildman–Crippen MR) is 70.1 cm³/mol. The number of nitrogens with zero attached hydrogens (tertiary/aromatic N) is 1. The first kappa shape index (κ1) is 15.3. The van der Waals surface area contributed by atoms with Crippen molar-refractivity contribution in [2.24, 2.45) is 0 Å². The van der Waals surface area contributed by atoms with Crippen LogP contribution in [0.4, 0.5) is 17.6 Å². The summed E-state index contributed by atoms with van der Waals surface area (Å²) >= 11 is 0. The maximum atomic E-state index is 14.1. The van der Waals surface area contributed by atoms with Gasteiger partial charge in [0.1, 0.15) is 5.82 Å². The Balaban J connectivity index is 2.29. The van der Waals surface area contributed by atoms with Crippen molar-refractivity contribution >= 4 is 0 Å². The highest BCUT2D eigenvalue weighted by Gasteiger charge is 2.36. The normalized spacial score (nSPS) is 24.1. The Kier molecular flexibility index (Phi) is 4.37. The van der Waals surface area contributed by atoms with Crippen LogP contribution >= 0.6 is 0 Å². The first-order chi connectivity index (χ1) is 9.30. The van der Waals surface area contributed by atoms with Gasteiger partial charge in [0.2, 0.25) is 0 Å². The Morgan fingerprint density at radius 1 is 1.15 bits per heavy atom. The quantitative estimate of drug-likeness (QED) is 0.728. The molecular formula is C15H19F4N. The largest absolute Gasteiger partial charge is 0.419 e. The molecule has 0 radical (unpaired) electrons. The van der Waals surface area contributed by atoms with E-state index in [1.807, 2.05) is 14.1 Å². The highest BCUT2D eigenvalue weighted by molar-refractivity contribution is 5.31. The van der Waals surface area contributed by atoms with E-state index in [1.54, 1.807) is 0 Å². The van der Waals surface area contributed by atoms with Crippen molar-refractivity contribution in [1.29, 1.82) is 0 Å². The molecular weight excluding hydrogens is 270 g/mol. The summed E-state index contributed by atoms with van der Waals surface area (Å²) in [5.74, 6) is -1.22. The van der Waals surface area contributed by atoms with Gasteiger partial charge >= 0.3 is 6.18 Å². The van der Waals surface area contributed by atoms with Crippen molar-refractivity contribution in [2.45, 2.75) is 43.8 Å². The Morgan fingerprint density at radius 2 is 1.85 bits per heavy atom. The van der Waals surface area contributed by atoms with Crippen LogP contribution in [0.2, 0.25) is 0 Å². The average Bonchev–Trinajstić information content (AvgIpc) is 2.37. The monoisotopic (exact) mass is 289 g/mol. The molecule has 0 unspecified atom stereocenters. The molecule has 0 aromatic heterocycles. The number of hydrogen-bond donors (Lipinski definition) is 0. The zero-order valence-corrected chi connectivity index (χ0v) is 11.7. The van der Waals surface area contributed by atoms with Gasteiger partial charge in [-0.2, -0.15) is 13.2 Å². The lowest BCUT2D eigenvalue weighted by Gasteiger charge is -2.34. The van der Waals surface area contributed by atoms with E-state index < -0.39 is 17.6 Å².